The zero-order valence-electron chi connectivity index (χ0n) is 10.6. The monoisotopic (exact) mass is 247 g/mol. The van der Waals surface area contributed by atoms with Gasteiger partial charge in [0.2, 0.25) is 5.88 Å². The van der Waals surface area contributed by atoms with E-state index in [0.29, 0.717) is 25.1 Å². The van der Waals surface area contributed by atoms with Gasteiger partial charge in [-0.3, -0.25) is 0 Å². The van der Waals surface area contributed by atoms with Gasteiger partial charge in [-0.2, -0.15) is 5.10 Å². The van der Waals surface area contributed by atoms with E-state index in [1.807, 2.05) is 24.3 Å². The van der Waals surface area contributed by atoms with Crippen LogP contribution >= 0.6 is 0 Å². The Morgan fingerprint density at radius 3 is 2.78 bits per heavy atom. The Bertz CT molecular complexity index is 452. The largest absolute Gasteiger partial charge is 0.468 e. The molecule has 0 aliphatic rings. The number of aromatic nitrogens is 2. The van der Waals surface area contributed by atoms with E-state index >= 15 is 0 Å². The lowest BCUT2D eigenvalue weighted by molar-refractivity contribution is 0.257. The first kappa shape index (κ1) is 12.6. The maximum Gasteiger partial charge on any atom is 0.233 e. The molecule has 2 aromatic heterocycles. The highest BCUT2D eigenvalue weighted by Gasteiger charge is 2.01. The molecular weight excluding hydrogens is 230 g/mol. The lowest BCUT2D eigenvalue weighted by atomic mass is 10.3. The smallest absolute Gasteiger partial charge is 0.233 e. The fraction of sp³-hybridized carbons (Fsp3) is 0.385. The minimum absolute atomic E-state index is 0.366. The van der Waals surface area contributed by atoms with E-state index in [4.69, 9.17) is 9.15 Å². The first-order chi connectivity index (χ1) is 8.74. The summed E-state index contributed by atoms with van der Waals surface area (Å²) in [4.78, 5) is 0. The van der Waals surface area contributed by atoms with Crippen LogP contribution in [0.2, 0.25) is 0 Å². The molecule has 18 heavy (non-hydrogen) atoms. The van der Waals surface area contributed by atoms with Crippen LogP contribution in [0, 0.1) is 0 Å². The number of hydrogen-bond acceptors (Lipinski definition) is 5. The first-order valence-corrected chi connectivity index (χ1v) is 5.95. The maximum atomic E-state index is 5.44. The molecule has 2 heterocycles. The van der Waals surface area contributed by atoms with E-state index in [-0.39, 0.29) is 0 Å². The van der Waals surface area contributed by atoms with Gasteiger partial charge in [0.25, 0.3) is 0 Å². The molecule has 96 valence electrons. The van der Waals surface area contributed by atoms with Crippen LogP contribution in [0.15, 0.2) is 34.9 Å². The van der Waals surface area contributed by atoms with Gasteiger partial charge in [0, 0.05) is 18.7 Å². The van der Waals surface area contributed by atoms with Crippen molar-refractivity contribution in [2.75, 3.05) is 0 Å². The van der Waals surface area contributed by atoms with E-state index in [1.165, 1.54) is 0 Å². The maximum absolute atomic E-state index is 5.44. The molecule has 0 amide bonds. The third-order valence-electron chi connectivity index (χ3n) is 2.33. The molecule has 2 rings (SSSR count). The quantitative estimate of drug-likeness (QED) is 0.847. The zero-order chi connectivity index (χ0) is 12.8. The number of nitrogens with zero attached hydrogens (tertiary/aromatic N) is 2. The van der Waals surface area contributed by atoms with E-state index < -0.39 is 0 Å². The van der Waals surface area contributed by atoms with Crippen molar-refractivity contribution in [1.29, 1.82) is 0 Å². The van der Waals surface area contributed by atoms with Gasteiger partial charge in [0.1, 0.15) is 12.4 Å². The summed E-state index contributed by atoms with van der Waals surface area (Å²) in [7, 11) is 0. The van der Waals surface area contributed by atoms with Crippen LogP contribution in [0.5, 0.6) is 5.88 Å². The summed E-state index contributed by atoms with van der Waals surface area (Å²) in [6, 6.07) is 7.83. The van der Waals surface area contributed by atoms with E-state index in [0.717, 1.165) is 11.5 Å². The Balaban J connectivity index is 1.83. The second kappa shape index (κ2) is 6.16. The van der Waals surface area contributed by atoms with Crippen molar-refractivity contribution in [3.63, 3.8) is 0 Å². The molecule has 0 bridgehead atoms. The summed E-state index contributed by atoms with van der Waals surface area (Å²) in [5.74, 6) is 1.27. The van der Waals surface area contributed by atoms with Crippen molar-refractivity contribution in [2.45, 2.75) is 33.0 Å². The lowest BCUT2D eigenvalue weighted by Crippen LogP contribution is -2.22. The second-order valence-corrected chi connectivity index (χ2v) is 4.27. The van der Waals surface area contributed by atoms with Crippen molar-refractivity contribution >= 4 is 0 Å². The predicted molar refractivity (Wildman–Crippen MR) is 67.0 cm³/mol. The van der Waals surface area contributed by atoms with Crippen LogP contribution in [0.1, 0.15) is 25.3 Å². The van der Waals surface area contributed by atoms with Crippen LogP contribution in [0.4, 0.5) is 0 Å². The highest BCUT2D eigenvalue weighted by atomic mass is 16.5. The Morgan fingerprint density at radius 2 is 2.17 bits per heavy atom. The van der Waals surface area contributed by atoms with Gasteiger partial charge >= 0.3 is 0 Å². The van der Waals surface area contributed by atoms with Gasteiger partial charge in [-0.15, -0.1) is 5.10 Å². The summed E-state index contributed by atoms with van der Waals surface area (Å²) in [5.41, 5.74) is 0.897. The number of hydrogen-bond donors (Lipinski definition) is 1. The van der Waals surface area contributed by atoms with Crippen LogP contribution in [-0.4, -0.2) is 16.2 Å². The topological polar surface area (TPSA) is 60.2 Å². The fourth-order valence-electron chi connectivity index (χ4n) is 1.37. The predicted octanol–water partition coefficient (Wildman–Crippen LogP) is 2.15. The van der Waals surface area contributed by atoms with Crippen molar-refractivity contribution < 1.29 is 9.15 Å². The molecule has 0 spiro atoms. The highest BCUT2D eigenvalue weighted by Crippen LogP contribution is 2.09. The Labute approximate surface area is 106 Å². The molecule has 0 aliphatic heterocycles. The van der Waals surface area contributed by atoms with Gasteiger partial charge in [-0.1, -0.05) is 13.8 Å². The standard InChI is InChI=1S/C13H17N3O2/c1-10(2)14-8-11-5-6-13(16-15-11)18-9-12-4-3-7-17-12/h3-7,10,14H,8-9H2,1-2H3. The molecule has 0 atom stereocenters. The fourth-order valence-corrected chi connectivity index (χ4v) is 1.37. The van der Waals surface area contributed by atoms with Gasteiger partial charge < -0.3 is 14.5 Å². The normalized spacial score (nSPS) is 10.8. The van der Waals surface area contributed by atoms with Crippen LogP contribution in [-0.2, 0) is 13.2 Å². The van der Waals surface area contributed by atoms with Crippen molar-refractivity contribution in [3.8, 4) is 5.88 Å². The average Bonchev–Trinajstić information content (AvgIpc) is 2.88. The number of ether oxygens (including phenoxy) is 1. The number of furan rings is 1. The van der Waals surface area contributed by atoms with Crippen molar-refractivity contribution in [1.82, 2.24) is 15.5 Å². The summed E-state index contributed by atoms with van der Waals surface area (Å²) in [6.07, 6.45) is 1.62. The molecule has 0 saturated carbocycles. The molecule has 0 radical (unpaired) electrons. The third kappa shape index (κ3) is 3.85. The SMILES string of the molecule is CC(C)NCc1ccc(OCc2ccco2)nn1. The third-order valence-corrected chi connectivity index (χ3v) is 2.33. The summed E-state index contributed by atoms with van der Waals surface area (Å²) < 4.78 is 10.6. The minimum Gasteiger partial charge on any atom is -0.468 e. The first-order valence-electron chi connectivity index (χ1n) is 5.95. The Morgan fingerprint density at radius 1 is 1.28 bits per heavy atom. The molecule has 0 aromatic carbocycles. The lowest BCUT2D eigenvalue weighted by Gasteiger charge is -2.07. The van der Waals surface area contributed by atoms with Gasteiger partial charge in [0.05, 0.1) is 12.0 Å². The summed E-state index contributed by atoms with van der Waals surface area (Å²) >= 11 is 0. The highest BCUT2D eigenvalue weighted by molar-refractivity contribution is 5.12. The number of rotatable bonds is 6. The minimum atomic E-state index is 0.366. The second-order valence-electron chi connectivity index (χ2n) is 4.27. The van der Waals surface area contributed by atoms with Crippen LogP contribution < -0.4 is 10.1 Å². The molecule has 2 aromatic rings. The molecule has 5 heteroatoms. The van der Waals surface area contributed by atoms with Crippen LogP contribution in [0.3, 0.4) is 0 Å². The van der Waals surface area contributed by atoms with Gasteiger partial charge in [0.15, 0.2) is 0 Å². The summed E-state index contributed by atoms with van der Waals surface area (Å²) in [5, 5.41) is 11.4. The van der Waals surface area contributed by atoms with Gasteiger partial charge in [-0.05, 0) is 18.2 Å². The molecule has 0 saturated heterocycles. The van der Waals surface area contributed by atoms with Gasteiger partial charge in [-0.25, -0.2) is 0 Å². The average molecular weight is 247 g/mol. The molecule has 0 aliphatic carbocycles. The van der Waals surface area contributed by atoms with E-state index in [2.05, 4.69) is 29.4 Å². The molecule has 1 N–H and O–H groups in total. The summed E-state index contributed by atoms with van der Waals surface area (Å²) in [6.45, 7) is 5.26. The van der Waals surface area contributed by atoms with Crippen molar-refractivity contribution in [3.05, 3.63) is 42.0 Å². The van der Waals surface area contributed by atoms with Crippen molar-refractivity contribution in [2.24, 2.45) is 0 Å². The van der Waals surface area contributed by atoms with E-state index in [9.17, 15) is 0 Å². The zero-order valence-corrected chi connectivity index (χ0v) is 10.6. The molecule has 0 fully saturated rings. The number of nitrogens with one attached hydrogen (secondary N) is 1. The Hall–Kier alpha value is -1.88. The van der Waals surface area contributed by atoms with Crippen LogP contribution in [0.25, 0.3) is 0 Å². The molecular formula is C13H17N3O2. The van der Waals surface area contributed by atoms with E-state index in [1.54, 1.807) is 6.26 Å². The molecule has 5 nitrogen and oxygen atoms in total. The Kier molecular flexibility index (Phi) is 4.30. The molecule has 0 unspecified atom stereocenters.